The number of carbonyl (C=O) groups is 1. The van der Waals surface area contributed by atoms with Gasteiger partial charge in [0.05, 0.1) is 18.8 Å². The molecule has 4 nitrogen and oxygen atoms in total. The quantitative estimate of drug-likeness (QED) is 0.820. The van der Waals surface area contributed by atoms with Crippen molar-refractivity contribution in [1.82, 2.24) is 10.4 Å². The summed E-state index contributed by atoms with van der Waals surface area (Å²) in [5.41, 5.74) is 10.7. The number of fused-ring (bicyclic) bond motifs is 2. The second-order valence-corrected chi connectivity index (χ2v) is 7.11. The van der Waals surface area contributed by atoms with Crippen LogP contribution in [-0.2, 0) is 11.2 Å². The molecule has 27 heavy (non-hydrogen) atoms. The molecule has 1 atom stereocenters. The topological polar surface area (TPSA) is 41.6 Å². The van der Waals surface area contributed by atoms with Crippen molar-refractivity contribution in [3.8, 4) is 5.75 Å². The van der Waals surface area contributed by atoms with Gasteiger partial charge in [0.1, 0.15) is 5.75 Å². The van der Waals surface area contributed by atoms with Gasteiger partial charge >= 0.3 is 0 Å². The Kier molecular flexibility index (Phi) is 4.48. The minimum Gasteiger partial charge on any atom is -0.497 e. The maximum absolute atomic E-state index is 11.7. The standard InChI is InChI=1S/C23H24N2O2/c1-15(13-16(2)26)25-23(18-7-5-4-6-8-18)20-12-10-17-9-11-19(27-3)14-21(17)22(20)24-25/h4-9,11,13-14,23-24H,10,12H2,1-3H3/t23-/m1/s1. The zero-order valence-corrected chi connectivity index (χ0v) is 16.0. The predicted molar refractivity (Wildman–Crippen MR) is 107 cm³/mol. The lowest BCUT2D eigenvalue weighted by Gasteiger charge is -2.29. The van der Waals surface area contributed by atoms with Crippen molar-refractivity contribution in [1.29, 1.82) is 0 Å². The third-order valence-electron chi connectivity index (χ3n) is 5.30. The molecule has 0 fully saturated rings. The van der Waals surface area contributed by atoms with Gasteiger partial charge in [-0.25, -0.2) is 0 Å². The molecule has 2 aliphatic rings. The van der Waals surface area contributed by atoms with Crippen molar-refractivity contribution in [3.05, 3.63) is 82.6 Å². The smallest absolute Gasteiger partial charge is 0.154 e. The maximum atomic E-state index is 11.7. The number of benzene rings is 2. The van der Waals surface area contributed by atoms with Crippen molar-refractivity contribution in [2.75, 3.05) is 7.11 Å². The van der Waals surface area contributed by atoms with Crippen LogP contribution in [0.4, 0.5) is 0 Å². The number of ether oxygens (including phenoxy) is 1. The van der Waals surface area contributed by atoms with E-state index in [-0.39, 0.29) is 11.8 Å². The Labute approximate surface area is 160 Å². The summed E-state index contributed by atoms with van der Waals surface area (Å²) in [7, 11) is 1.70. The van der Waals surface area contributed by atoms with Crippen molar-refractivity contribution in [2.45, 2.75) is 32.7 Å². The van der Waals surface area contributed by atoms with Gasteiger partial charge in [0.2, 0.25) is 0 Å². The summed E-state index contributed by atoms with van der Waals surface area (Å²) in [6.45, 7) is 3.57. The third kappa shape index (κ3) is 3.12. The van der Waals surface area contributed by atoms with Gasteiger partial charge in [-0.05, 0) is 55.5 Å². The van der Waals surface area contributed by atoms with E-state index in [1.165, 1.54) is 22.3 Å². The number of nitrogens with one attached hydrogen (secondary N) is 1. The van der Waals surface area contributed by atoms with E-state index >= 15 is 0 Å². The molecule has 1 N–H and O–H groups in total. The fourth-order valence-corrected chi connectivity index (χ4v) is 4.09. The maximum Gasteiger partial charge on any atom is 0.154 e. The van der Waals surface area contributed by atoms with E-state index in [9.17, 15) is 4.79 Å². The molecule has 0 unspecified atom stereocenters. The van der Waals surface area contributed by atoms with Crippen LogP contribution in [0, 0.1) is 0 Å². The van der Waals surface area contributed by atoms with Gasteiger partial charge in [-0.1, -0.05) is 36.4 Å². The molecular weight excluding hydrogens is 336 g/mol. The Morgan fingerprint density at radius 1 is 1.15 bits per heavy atom. The highest BCUT2D eigenvalue weighted by molar-refractivity contribution is 5.88. The van der Waals surface area contributed by atoms with Gasteiger partial charge in [-0.2, -0.15) is 0 Å². The molecule has 4 rings (SSSR count). The molecular formula is C23H24N2O2. The van der Waals surface area contributed by atoms with Crippen LogP contribution < -0.4 is 10.2 Å². The first kappa shape index (κ1) is 17.4. The van der Waals surface area contributed by atoms with Crippen LogP contribution in [-0.4, -0.2) is 17.9 Å². The van der Waals surface area contributed by atoms with E-state index < -0.39 is 0 Å². The summed E-state index contributed by atoms with van der Waals surface area (Å²) in [4.78, 5) is 11.7. The highest BCUT2D eigenvalue weighted by Gasteiger charge is 2.37. The number of allylic oxidation sites excluding steroid dienone is 2. The first-order valence-electron chi connectivity index (χ1n) is 9.28. The van der Waals surface area contributed by atoms with Crippen molar-refractivity contribution < 1.29 is 9.53 Å². The number of hydrazine groups is 1. The van der Waals surface area contributed by atoms with E-state index in [1.807, 2.05) is 19.1 Å². The fraction of sp³-hybridized carbons (Fsp3) is 0.261. The van der Waals surface area contributed by atoms with E-state index in [0.717, 1.165) is 30.0 Å². The summed E-state index contributed by atoms with van der Waals surface area (Å²) >= 11 is 0. The molecule has 1 aliphatic carbocycles. The van der Waals surface area contributed by atoms with Crippen LogP contribution in [0.15, 0.2) is 65.9 Å². The minimum atomic E-state index is 0.0491. The van der Waals surface area contributed by atoms with E-state index in [1.54, 1.807) is 20.1 Å². The molecule has 4 heteroatoms. The molecule has 0 radical (unpaired) electrons. The Bertz CT molecular complexity index is 944. The summed E-state index contributed by atoms with van der Waals surface area (Å²) in [5.74, 6) is 0.906. The molecule has 2 aromatic carbocycles. The highest BCUT2D eigenvalue weighted by Crippen LogP contribution is 2.45. The van der Waals surface area contributed by atoms with Crippen LogP contribution in [0.3, 0.4) is 0 Å². The molecule has 0 aromatic heterocycles. The Balaban J connectivity index is 1.84. The van der Waals surface area contributed by atoms with E-state index in [4.69, 9.17) is 4.74 Å². The minimum absolute atomic E-state index is 0.0491. The average Bonchev–Trinajstić information content (AvgIpc) is 3.08. The number of hydrogen-bond acceptors (Lipinski definition) is 4. The Morgan fingerprint density at radius 3 is 2.63 bits per heavy atom. The second kappa shape index (κ2) is 6.95. The summed E-state index contributed by atoms with van der Waals surface area (Å²) in [6, 6.07) is 16.8. The summed E-state index contributed by atoms with van der Waals surface area (Å²) in [5, 5.41) is 2.12. The summed E-state index contributed by atoms with van der Waals surface area (Å²) in [6.07, 6.45) is 3.69. The van der Waals surface area contributed by atoms with Crippen LogP contribution in [0.25, 0.3) is 5.70 Å². The van der Waals surface area contributed by atoms with Gasteiger partial charge in [0.25, 0.3) is 0 Å². The number of aryl methyl sites for hydroxylation is 1. The number of methoxy groups -OCH3 is 1. The molecule has 138 valence electrons. The number of ketones is 1. The van der Waals surface area contributed by atoms with Gasteiger partial charge < -0.3 is 4.74 Å². The van der Waals surface area contributed by atoms with Crippen LogP contribution >= 0.6 is 0 Å². The van der Waals surface area contributed by atoms with Crippen molar-refractivity contribution in [3.63, 3.8) is 0 Å². The molecule has 1 aliphatic heterocycles. The molecule has 2 aromatic rings. The van der Waals surface area contributed by atoms with Crippen molar-refractivity contribution in [2.24, 2.45) is 0 Å². The normalized spacial score (nSPS) is 18.7. The first-order valence-corrected chi connectivity index (χ1v) is 9.28. The molecule has 1 heterocycles. The lowest BCUT2D eigenvalue weighted by molar-refractivity contribution is -0.112. The predicted octanol–water partition coefficient (Wildman–Crippen LogP) is 4.41. The largest absolute Gasteiger partial charge is 0.497 e. The molecule has 0 bridgehead atoms. The number of rotatable bonds is 4. The Morgan fingerprint density at radius 2 is 1.93 bits per heavy atom. The zero-order chi connectivity index (χ0) is 19.0. The Hall–Kier alpha value is -3.01. The average molecular weight is 360 g/mol. The third-order valence-corrected chi connectivity index (χ3v) is 5.30. The molecule has 0 amide bonds. The van der Waals surface area contributed by atoms with Gasteiger partial charge in [-0.3, -0.25) is 15.2 Å². The number of hydrogen-bond donors (Lipinski definition) is 1. The highest BCUT2D eigenvalue weighted by atomic mass is 16.5. The fourth-order valence-electron chi connectivity index (χ4n) is 4.09. The zero-order valence-electron chi connectivity index (χ0n) is 16.0. The monoisotopic (exact) mass is 360 g/mol. The first-order chi connectivity index (χ1) is 13.1. The molecule has 0 spiro atoms. The van der Waals surface area contributed by atoms with Crippen LogP contribution in [0.5, 0.6) is 5.75 Å². The van der Waals surface area contributed by atoms with Crippen molar-refractivity contribution >= 4 is 11.5 Å². The second-order valence-electron chi connectivity index (χ2n) is 7.11. The van der Waals surface area contributed by atoms with Gasteiger partial charge in [-0.15, -0.1) is 0 Å². The number of nitrogens with zero attached hydrogens (tertiary/aromatic N) is 1. The number of carbonyl (C=O) groups excluding carboxylic acids is 1. The lowest BCUT2D eigenvalue weighted by Crippen LogP contribution is -2.33. The SMILES string of the molecule is COc1ccc2c(c1)C1=C(CC2)[C@@H](c2ccccc2)N(C(C)=CC(C)=O)N1. The molecule has 0 saturated carbocycles. The molecule has 0 saturated heterocycles. The van der Waals surface area contributed by atoms with Crippen LogP contribution in [0.1, 0.15) is 43.0 Å². The summed E-state index contributed by atoms with van der Waals surface area (Å²) < 4.78 is 5.45. The van der Waals surface area contributed by atoms with E-state index in [2.05, 4.69) is 46.8 Å². The lowest BCUT2D eigenvalue weighted by atomic mass is 9.85. The van der Waals surface area contributed by atoms with Gasteiger partial charge in [0, 0.05) is 17.3 Å². The van der Waals surface area contributed by atoms with Crippen LogP contribution in [0.2, 0.25) is 0 Å². The van der Waals surface area contributed by atoms with E-state index in [0.29, 0.717) is 0 Å². The van der Waals surface area contributed by atoms with Gasteiger partial charge in [0.15, 0.2) is 5.78 Å².